The first-order valence-electron chi connectivity index (χ1n) is 15.9. The Balaban J connectivity index is 1.57. The summed E-state index contributed by atoms with van der Waals surface area (Å²) in [5.41, 5.74) is 6.69. The van der Waals surface area contributed by atoms with E-state index in [1.165, 1.54) is 11.1 Å². The number of rotatable bonds is 13. The number of unbranched alkanes of at least 4 members (excludes halogenated alkanes) is 2. The number of aromatic nitrogens is 4. The molecule has 46 heavy (non-hydrogen) atoms. The lowest BCUT2D eigenvalue weighted by molar-refractivity contribution is 0.684. The van der Waals surface area contributed by atoms with Gasteiger partial charge in [0.1, 0.15) is 19.3 Å². The van der Waals surface area contributed by atoms with Crippen LogP contribution in [0.5, 0.6) is 0 Å². The fourth-order valence-electron chi connectivity index (χ4n) is 5.65. The third kappa shape index (κ3) is 6.63. The van der Waals surface area contributed by atoms with Gasteiger partial charge in [-0.3, -0.25) is 0 Å². The largest absolute Gasteiger partial charge is 0.241 e. The molecule has 6 rings (SSSR count). The van der Waals surface area contributed by atoms with Gasteiger partial charge in [0.25, 0.3) is 0 Å². The summed E-state index contributed by atoms with van der Waals surface area (Å²) in [6, 6.07) is 42.1. The molecule has 8 heteroatoms. The molecule has 0 saturated carbocycles. The van der Waals surface area contributed by atoms with Gasteiger partial charge < -0.3 is 0 Å². The second kappa shape index (κ2) is 15.4. The summed E-state index contributed by atoms with van der Waals surface area (Å²) in [4.78, 5) is 0. The molecular formula is C38H38N4S4. The van der Waals surface area contributed by atoms with Gasteiger partial charge in [0.05, 0.1) is 22.7 Å². The molecular weight excluding hydrogens is 641 g/mol. The van der Waals surface area contributed by atoms with Crippen molar-refractivity contribution in [2.75, 3.05) is 0 Å². The Labute approximate surface area is 290 Å². The summed E-state index contributed by atoms with van der Waals surface area (Å²) < 4.78 is 10.7. The molecule has 0 spiro atoms. The maximum Gasteiger partial charge on any atom is 0.132 e. The molecule has 0 amide bonds. The highest BCUT2D eigenvalue weighted by Crippen LogP contribution is 2.45. The monoisotopic (exact) mass is 678 g/mol. The lowest BCUT2D eigenvalue weighted by Gasteiger charge is -2.17. The van der Waals surface area contributed by atoms with Crippen LogP contribution < -0.4 is 0 Å². The smallest absolute Gasteiger partial charge is 0.132 e. The lowest BCUT2D eigenvalue weighted by Crippen LogP contribution is -2.10. The number of hydrogen-bond donors (Lipinski definition) is 0. The molecule has 0 N–H and O–H groups in total. The van der Waals surface area contributed by atoms with Crippen LogP contribution in [0.25, 0.3) is 22.7 Å². The van der Waals surface area contributed by atoms with Crippen LogP contribution in [0, 0.1) is 9.28 Å². The standard InChI is InChI=1S/C38H38N4S4/c1-3-5-27-33-35(43)39(29-19-11-7-12-20-29)41(31-23-15-9-16-24-31)37(33)45-46-38-34(28-6-4-2)36(44)40(30-21-13-8-14-22-30)42(38)32-25-17-10-18-26-32/h7-26H,3-6,27-28H2,1-2H3. The van der Waals surface area contributed by atoms with E-state index >= 15 is 0 Å². The van der Waals surface area contributed by atoms with E-state index < -0.39 is 0 Å². The van der Waals surface area contributed by atoms with E-state index in [9.17, 15) is 0 Å². The highest BCUT2D eigenvalue weighted by Gasteiger charge is 2.25. The molecule has 0 bridgehead atoms. The summed E-state index contributed by atoms with van der Waals surface area (Å²) in [7, 11) is 3.57. The first-order valence-corrected chi connectivity index (χ1v) is 18.9. The van der Waals surface area contributed by atoms with Gasteiger partial charge in [-0.2, -0.15) is 0 Å². The normalized spacial score (nSPS) is 11.3. The summed E-state index contributed by atoms with van der Waals surface area (Å²) in [5, 5.41) is 2.30. The maximum absolute atomic E-state index is 6.29. The van der Waals surface area contributed by atoms with Gasteiger partial charge >= 0.3 is 0 Å². The predicted octanol–water partition coefficient (Wildman–Crippen LogP) is 11.8. The van der Waals surface area contributed by atoms with E-state index in [2.05, 4.69) is 154 Å². The SMILES string of the molecule is CCCCc1c(SSc2c(CCCC)c(=S)n(-c3ccccc3)n2-c2ccccc2)n(-c2ccccc2)n(-c2ccccc2)c1=S. The molecule has 0 aliphatic rings. The topological polar surface area (TPSA) is 19.7 Å². The Bertz CT molecular complexity index is 1840. The molecule has 4 nitrogen and oxygen atoms in total. The highest BCUT2D eigenvalue weighted by molar-refractivity contribution is 8.76. The van der Waals surface area contributed by atoms with E-state index in [0.29, 0.717) is 0 Å². The lowest BCUT2D eigenvalue weighted by atomic mass is 10.2. The van der Waals surface area contributed by atoms with Gasteiger partial charge in [-0.1, -0.05) is 124 Å². The molecule has 0 radical (unpaired) electrons. The van der Waals surface area contributed by atoms with Crippen LogP contribution in [0.2, 0.25) is 0 Å². The first kappa shape index (κ1) is 32.4. The van der Waals surface area contributed by atoms with Crippen molar-refractivity contribution < 1.29 is 0 Å². The van der Waals surface area contributed by atoms with Crippen molar-refractivity contribution in [3.8, 4) is 22.7 Å². The Kier molecular flexibility index (Phi) is 10.8. The molecule has 0 atom stereocenters. The van der Waals surface area contributed by atoms with E-state index in [-0.39, 0.29) is 0 Å². The van der Waals surface area contributed by atoms with Crippen LogP contribution in [0.3, 0.4) is 0 Å². The minimum Gasteiger partial charge on any atom is -0.241 e. The third-order valence-electron chi connectivity index (χ3n) is 7.97. The van der Waals surface area contributed by atoms with Crippen molar-refractivity contribution >= 4 is 46.0 Å². The van der Waals surface area contributed by atoms with Crippen LogP contribution in [0.4, 0.5) is 0 Å². The van der Waals surface area contributed by atoms with Crippen molar-refractivity contribution in [1.82, 2.24) is 18.7 Å². The molecule has 0 unspecified atom stereocenters. The van der Waals surface area contributed by atoms with E-state index in [0.717, 1.165) is 80.6 Å². The Hall–Kier alpha value is -3.56. The van der Waals surface area contributed by atoms with Crippen LogP contribution in [0.1, 0.15) is 50.7 Å². The van der Waals surface area contributed by atoms with Crippen molar-refractivity contribution in [1.29, 1.82) is 0 Å². The Morgan fingerprint density at radius 1 is 0.435 bits per heavy atom. The van der Waals surface area contributed by atoms with Crippen LogP contribution in [-0.4, -0.2) is 18.7 Å². The summed E-state index contributed by atoms with van der Waals surface area (Å²) >= 11 is 12.6. The summed E-state index contributed by atoms with van der Waals surface area (Å²) in [5.74, 6) is 0. The molecule has 0 aliphatic carbocycles. The second-order valence-corrected chi connectivity index (χ2v) is 14.0. The quantitative estimate of drug-likeness (QED) is 0.0894. The predicted molar refractivity (Wildman–Crippen MR) is 201 cm³/mol. The maximum atomic E-state index is 6.29. The first-order chi connectivity index (χ1) is 22.6. The number of nitrogens with zero attached hydrogens (tertiary/aromatic N) is 4. The molecule has 2 heterocycles. The fourth-order valence-corrected chi connectivity index (χ4v) is 9.32. The van der Waals surface area contributed by atoms with Crippen molar-refractivity contribution in [2.24, 2.45) is 0 Å². The van der Waals surface area contributed by atoms with Crippen LogP contribution >= 0.6 is 46.0 Å². The summed E-state index contributed by atoms with van der Waals surface area (Å²) in [6.07, 6.45) is 6.18. The molecule has 4 aromatic carbocycles. The number of benzene rings is 4. The van der Waals surface area contributed by atoms with Crippen molar-refractivity contribution in [3.63, 3.8) is 0 Å². The average molecular weight is 679 g/mol. The third-order valence-corrected chi connectivity index (χ3v) is 11.2. The highest BCUT2D eigenvalue weighted by atomic mass is 33.1. The van der Waals surface area contributed by atoms with Gasteiger partial charge in [0.15, 0.2) is 0 Å². The molecule has 234 valence electrons. The fraction of sp³-hybridized carbons (Fsp3) is 0.211. The zero-order chi connectivity index (χ0) is 31.9. The molecule has 0 aliphatic heterocycles. The molecule has 0 saturated heterocycles. The van der Waals surface area contributed by atoms with Gasteiger partial charge in [-0.15, -0.1) is 0 Å². The molecule has 2 aromatic heterocycles. The second-order valence-electron chi connectivity index (χ2n) is 11.1. The Morgan fingerprint density at radius 2 is 0.717 bits per heavy atom. The van der Waals surface area contributed by atoms with Gasteiger partial charge in [-0.25, -0.2) is 18.7 Å². The van der Waals surface area contributed by atoms with E-state index in [1.54, 1.807) is 21.6 Å². The number of para-hydroxylation sites is 4. The Morgan fingerprint density at radius 3 is 1.00 bits per heavy atom. The van der Waals surface area contributed by atoms with Crippen LogP contribution in [-0.2, 0) is 12.8 Å². The molecule has 6 aromatic rings. The van der Waals surface area contributed by atoms with Crippen molar-refractivity contribution in [3.05, 3.63) is 142 Å². The van der Waals surface area contributed by atoms with Gasteiger partial charge in [0.2, 0.25) is 0 Å². The number of hydrogen-bond acceptors (Lipinski definition) is 4. The average Bonchev–Trinajstić information content (AvgIpc) is 3.55. The zero-order valence-corrected chi connectivity index (χ0v) is 29.5. The van der Waals surface area contributed by atoms with Crippen LogP contribution in [0.15, 0.2) is 131 Å². The van der Waals surface area contributed by atoms with Crippen molar-refractivity contribution in [2.45, 2.75) is 62.4 Å². The molecule has 0 fully saturated rings. The summed E-state index contributed by atoms with van der Waals surface area (Å²) in [6.45, 7) is 4.48. The van der Waals surface area contributed by atoms with Gasteiger partial charge in [0, 0.05) is 11.1 Å². The minimum atomic E-state index is 0.861. The van der Waals surface area contributed by atoms with E-state index in [4.69, 9.17) is 24.4 Å². The zero-order valence-electron chi connectivity index (χ0n) is 26.2. The minimum absolute atomic E-state index is 0.861. The van der Waals surface area contributed by atoms with E-state index in [1.807, 2.05) is 0 Å². The van der Waals surface area contributed by atoms with Gasteiger partial charge in [-0.05, 0) is 95.8 Å².